The van der Waals surface area contributed by atoms with Gasteiger partial charge in [0.2, 0.25) is 0 Å². The number of hydrogen-bond donors (Lipinski definition) is 0. The molecule has 108 valence electrons. The maximum Gasteiger partial charge on any atom is 0.135 e. The molecule has 2 aromatic heterocycles. The highest BCUT2D eigenvalue weighted by Crippen LogP contribution is 2.38. The van der Waals surface area contributed by atoms with Crippen molar-refractivity contribution in [2.45, 2.75) is 32.6 Å². The van der Waals surface area contributed by atoms with Gasteiger partial charge in [0, 0.05) is 15.9 Å². The molecule has 0 N–H and O–H groups in total. The van der Waals surface area contributed by atoms with E-state index in [0.29, 0.717) is 0 Å². The van der Waals surface area contributed by atoms with Gasteiger partial charge in [-0.05, 0) is 35.6 Å². The van der Waals surface area contributed by atoms with Crippen LogP contribution in [0.5, 0.6) is 0 Å². The number of furan rings is 1. The smallest absolute Gasteiger partial charge is 0.135 e. The van der Waals surface area contributed by atoms with Crippen LogP contribution in [0.25, 0.3) is 16.9 Å². The zero-order chi connectivity index (χ0) is 14.9. The van der Waals surface area contributed by atoms with E-state index in [2.05, 4.69) is 74.7 Å². The highest BCUT2D eigenvalue weighted by atomic mass is 32.1. The van der Waals surface area contributed by atoms with E-state index in [9.17, 15) is 0 Å². The van der Waals surface area contributed by atoms with E-state index in [-0.39, 0.29) is 5.41 Å². The fourth-order valence-corrected chi connectivity index (χ4v) is 3.32. The molecule has 0 atom stereocenters. The number of thiophene rings is 1. The van der Waals surface area contributed by atoms with Gasteiger partial charge in [0.05, 0.1) is 0 Å². The average molecular weight is 296 g/mol. The first kappa shape index (κ1) is 14.2. The normalized spacial score (nSPS) is 15.1. The Kier molecular flexibility index (Phi) is 3.73. The van der Waals surface area contributed by atoms with Crippen molar-refractivity contribution in [3.05, 3.63) is 64.6 Å². The van der Waals surface area contributed by atoms with Gasteiger partial charge in [-0.15, -0.1) is 11.3 Å². The minimum atomic E-state index is 0.0432. The lowest BCUT2D eigenvalue weighted by atomic mass is 9.94. The maximum atomic E-state index is 6.10. The van der Waals surface area contributed by atoms with Crippen LogP contribution in [0.4, 0.5) is 0 Å². The molecule has 0 aliphatic heterocycles. The van der Waals surface area contributed by atoms with Crippen molar-refractivity contribution >= 4 is 16.9 Å². The highest BCUT2D eigenvalue weighted by molar-refractivity contribution is 7.11. The Hall–Kier alpha value is -1.80. The minimum absolute atomic E-state index is 0.0432. The maximum absolute atomic E-state index is 6.10. The standard InChI is InChI=1S/C19H20OS/c1-19(2,3)17-11-10-16(20-17)15-12-13-21-18(15)14-8-6-4-5-7-9-14/h4-8,10-13H,9H2,1-3H3. The van der Waals surface area contributed by atoms with Crippen LogP contribution in [-0.2, 0) is 5.41 Å². The lowest BCUT2D eigenvalue weighted by Crippen LogP contribution is -2.08. The molecule has 2 heterocycles. The predicted molar refractivity (Wildman–Crippen MR) is 91.6 cm³/mol. The number of hydrogen-bond acceptors (Lipinski definition) is 2. The van der Waals surface area contributed by atoms with Crippen LogP contribution in [-0.4, -0.2) is 0 Å². The van der Waals surface area contributed by atoms with E-state index in [1.807, 2.05) is 0 Å². The molecule has 1 aliphatic carbocycles. The highest BCUT2D eigenvalue weighted by Gasteiger charge is 2.20. The third-order valence-electron chi connectivity index (χ3n) is 3.56. The first-order valence-electron chi connectivity index (χ1n) is 7.26. The molecule has 1 nitrogen and oxygen atoms in total. The number of allylic oxidation sites excluding steroid dienone is 6. The molecule has 0 saturated carbocycles. The Labute approximate surface area is 130 Å². The van der Waals surface area contributed by atoms with Crippen LogP contribution in [0.1, 0.15) is 37.8 Å². The largest absolute Gasteiger partial charge is 0.460 e. The Morgan fingerprint density at radius 2 is 1.90 bits per heavy atom. The molecule has 0 radical (unpaired) electrons. The molecule has 21 heavy (non-hydrogen) atoms. The Morgan fingerprint density at radius 3 is 2.67 bits per heavy atom. The van der Waals surface area contributed by atoms with Gasteiger partial charge in [0.1, 0.15) is 11.5 Å². The van der Waals surface area contributed by atoms with Crippen molar-refractivity contribution in [1.29, 1.82) is 0 Å². The molecular weight excluding hydrogens is 276 g/mol. The van der Waals surface area contributed by atoms with Crippen LogP contribution in [0.15, 0.2) is 58.4 Å². The van der Waals surface area contributed by atoms with E-state index in [1.165, 1.54) is 16.0 Å². The Bertz CT molecular complexity index is 717. The minimum Gasteiger partial charge on any atom is -0.460 e. The lowest BCUT2D eigenvalue weighted by Gasteiger charge is -2.14. The first-order chi connectivity index (χ1) is 10.1. The van der Waals surface area contributed by atoms with Crippen LogP contribution in [0.2, 0.25) is 0 Å². The van der Waals surface area contributed by atoms with Gasteiger partial charge in [0.25, 0.3) is 0 Å². The quantitative estimate of drug-likeness (QED) is 0.642. The zero-order valence-electron chi connectivity index (χ0n) is 12.7. The van der Waals surface area contributed by atoms with Crippen molar-refractivity contribution < 1.29 is 4.42 Å². The third kappa shape index (κ3) is 2.96. The fourth-order valence-electron chi connectivity index (χ4n) is 2.38. The molecule has 0 saturated heterocycles. The average Bonchev–Trinajstić information content (AvgIpc) is 3.01. The first-order valence-corrected chi connectivity index (χ1v) is 8.14. The third-order valence-corrected chi connectivity index (χ3v) is 4.55. The van der Waals surface area contributed by atoms with E-state index in [4.69, 9.17) is 4.42 Å². The summed E-state index contributed by atoms with van der Waals surface area (Å²) < 4.78 is 6.10. The van der Waals surface area contributed by atoms with E-state index in [1.54, 1.807) is 11.3 Å². The van der Waals surface area contributed by atoms with Crippen molar-refractivity contribution in [2.24, 2.45) is 0 Å². The second-order valence-corrected chi connectivity index (χ2v) is 7.20. The molecule has 0 amide bonds. The van der Waals surface area contributed by atoms with Gasteiger partial charge < -0.3 is 4.42 Å². The van der Waals surface area contributed by atoms with Crippen molar-refractivity contribution in [1.82, 2.24) is 0 Å². The second kappa shape index (κ2) is 5.53. The van der Waals surface area contributed by atoms with Crippen LogP contribution in [0, 0.1) is 0 Å². The molecule has 2 aromatic rings. The summed E-state index contributed by atoms with van der Waals surface area (Å²) in [7, 11) is 0. The topological polar surface area (TPSA) is 13.1 Å². The molecule has 0 unspecified atom stereocenters. The van der Waals surface area contributed by atoms with Crippen LogP contribution < -0.4 is 0 Å². The van der Waals surface area contributed by atoms with Crippen molar-refractivity contribution in [3.8, 4) is 11.3 Å². The summed E-state index contributed by atoms with van der Waals surface area (Å²) in [5.74, 6) is 2.00. The second-order valence-electron chi connectivity index (χ2n) is 6.29. The summed E-state index contributed by atoms with van der Waals surface area (Å²) in [5, 5.41) is 2.14. The molecule has 0 aromatic carbocycles. The summed E-state index contributed by atoms with van der Waals surface area (Å²) in [5.41, 5.74) is 2.59. The lowest BCUT2D eigenvalue weighted by molar-refractivity contribution is 0.417. The van der Waals surface area contributed by atoms with Crippen molar-refractivity contribution in [2.75, 3.05) is 0 Å². The summed E-state index contributed by atoms with van der Waals surface area (Å²) in [6, 6.07) is 6.34. The predicted octanol–water partition coefficient (Wildman–Crippen LogP) is 6.21. The Balaban J connectivity index is 1.99. The van der Waals surface area contributed by atoms with E-state index >= 15 is 0 Å². The molecule has 1 aliphatic rings. The van der Waals surface area contributed by atoms with E-state index < -0.39 is 0 Å². The summed E-state index contributed by atoms with van der Waals surface area (Å²) >= 11 is 1.78. The molecule has 3 rings (SSSR count). The molecule has 0 bridgehead atoms. The molecule has 2 heteroatoms. The van der Waals surface area contributed by atoms with Gasteiger partial charge in [-0.25, -0.2) is 0 Å². The molecule has 0 fully saturated rings. The summed E-state index contributed by atoms with van der Waals surface area (Å²) in [6.07, 6.45) is 11.6. The fraction of sp³-hybridized carbons (Fsp3) is 0.263. The summed E-state index contributed by atoms with van der Waals surface area (Å²) in [6.45, 7) is 6.52. The van der Waals surface area contributed by atoms with Gasteiger partial charge >= 0.3 is 0 Å². The number of rotatable bonds is 2. The zero-order valence-corrected chi connectivity index (χ0v) is 13.5. The van der Waals surface area contributed by atoms with Gasteiger partial charge in [-0.1, -0.05) is 51.2 Å². The van der Waals surface area contributed by atoms with Crippen LogP contribution in [0.3, 0.4) is 0 Å². The van der Waals surface area contributed by atoms with Gasteiger partial charge in [-0.2, -0.15) is 0 Å². The van der Waals surface area contributed by atoms with E-state index in [0.717, 1.165) is 17.9 Å². The monoisotopic (exact) mass is 296 g/mol. The van der Waals surface area contributed by atoms with Gasteiger partial charge in [-0.3, -0.25) is 0 Å². The van der Waals surface area contributed by atoms with Crippen molar-refractivity contribution in [3.63, 3.8) is 0 Å². The van der Waals surface area contributed by atoms with Crippen LogP contribution >= 0.6 is 11.3 Å². The molecular formula is C19H20OS. The summed E-state index contributed by atoms with van der Waals surface area (Å²) in [4.78, 5) is 1.31. The Morgan fingerprint density at radius 1 is 1.05 bits per heavy atom. The molecule has 0 spiro atoms. The van der Waals surface area contributed by atoms with Gasteiger partial charge in [0.15, 0.2) is 0 Å². The SMILES string of the molecule is CC(C)(C)c1ccc(-c2ccsc2C2=CC=CC=CC2)o1.